The summed E-state index contributed by atoms with van der Waals surface area (Å²) in [6.45, 7) is 1.04. The van der Waals surface area contributed by atoms with Crippen LogP contribution in [0.3, 0.4) is 0 Å². The first-order chi connectivity index (χ1) is 14.7. The van der Waals surface area contributed by atoms with Crippen LogP contribution in [0.25, 0.3) is 0 Å². The number of carbonyl (C=O) groups is 1. The first-order valence-electron chi connectivity index (χ1n) is 9.38. The van der Waals surface area contributed by atoms with Crippen LogP contribution in [-0.2, 0) is 10.0 Å². The van der Waals surface area contributed by atoms with E-state index in [9.17, 15) is 40.3 Å². The molecule has 2 aromatic rings. The van der Waals surface area contributed by atoms with Crippen molar-refractivity contribution in [2.24, 2.45) is 5.92 Å². The highest BCUT2D eigenvalue weighted by Crippen LogP contribution is 2.48. The predicted molar refractivity (Wildman–Crippen MR) is 104 cm³/mol. The van der Waals surface area contributed by atoms with E-state index < -0.39 is 69.5 Å². The van der Waals surface area contributed by atoms with Gasteiger partial charge in [0.05, 0.1) is 0 Å². The highest BCUT2D eigenvalue weighted by atomic mass is 32.2. The quantitative estimate of drug-likeness (QED) is 0.554. The molecule has 0 aliphatic heterocycles. The van der Waals surface area contributed by atoms with Crippen LogP contribution in [-0.4, -0.2) is 37.8 Å². The molecule has 1 aliphatic rings. The number of sulfonamides is 1. The predicted octanol–water partition coefficient (Wildman–Crippen LogP) is 3.51. The molecule has 0 bridgehead atoms. The molecule has 0 heterocycles. The number of anilines is 1. The molecule has 1 saturated carbocycles. The third kappa shape index (κ3) is 4.92. The Morgan fingerprint density at radius 2 is 1.75 bits per heavy atom. The number of rotatable bonds is 6. The molecule has 12 heteroatoms. The van der Waals surface area contributed by atoms with E-state index in [1.807, 2.05) is 4.72 Å². The Balaban J connectivity index is 1.70. The first kappa shape index (κ1) is 24.1. The van der Waals surface area contributed by atoms with E-state index in [-0.39, 0.29) is 16.8 Å². The standard InChI is InChI=1S/C20H19F5N2O4S/c1-11-6-14(3-5-15(11)21)27-18(28)13-2-4-16(22)17(7-13)32(30,31)26-10-12-8-19(29,9-12)20(23,24)25/h2-7,12,26,29H,8-10H2,1H3,(H,27,28). The molecule has 0 spiro atoms. The van der Waals surface area contributed by atoms with Crippen molar-refractivity contribution in [2.45, 2.75) is 36.4 Å². The molecular formula is C20H19F5N2O4S. The number of halogens is 5. The summed E-state index contributed by atoms with van der Waals surface area (Å²) in [7, 11) is -4.49. The van der Waals surface area contributed by atoms with E-state index in [1.165, 1.54) is 19.1 Å². The maximum Gasteiger partial charge on any atom is 0.417 e. The maximum absolute atomic E-state index is 14.2. The van der Waals surface area contributed by atoms with Gasteiger partial charge in [-0.15, -0.1) is 0 Å². The van der Waals surface area contributed by atoms with Gasteiger partial charge in [0.1, 0.15) is 16.5 Å². The van der Waals surface area contributed by atoms with Crippen molar-refractivity contribution in [3.05, 3.63) is 59.2 Å². The minimum absolute atomic E-state index is 0.205. The maximum atomic E-state index is 14.2. The van der Waals surface area contributed by atoms with E-state index in [0.29, 0.717) is 0 Å². The molecule has 1 aliphatic carbocycles. The summed E-state index contributed by atoms with van der Waals surface area (Å²) in [5.74, 6) is -3.20. The summed E-state index contributed by atoms with van der Waals surface area (Å²) in [4.78, 5) is 11.6. The molecule has 3 N–H and O–H groups in total. The van der Waals surface area contributed by atoms with Gasteiger partial charge in [0, 0.05) is 17.8 Å². The summed E-state index contributed by atoms with van der Waals surface area (Å²) >= 11 is 0. The van der Waals surface area contributed by atoms with Gasteiger partial charge in [-0.25, -0.2) is 21.9 Å². The number of alkyl halides is 3. The van der Waals surface area contributed by atoms with Crippen LogP contribution in [0, 0.1) is 24.5 Å². The number of hydrogen-bond donors (Lipinski definition) is 3. The van der Waals surface area contributed by atoms with Crippen LogP contribution in [0.5, 0.6) is 0 Å². The van der Waals surface area contributed by atoms with E-state index in [0.717, 1.165) is 24.3 Å². The molecule has 1 amide bonds. The van der Waals surface area contributed by atoms with E-state index in [4.69, 9.17) is 0 Å². The molecule has 0 aromatic heterocycles. The lowest BCUT2D eigenvalue weighted by atomic mass is 9.70. The van der Waals surface area contributed by atoms with Crippen molar-refractivity contribution in [1.82, 2.24) is 4.72 Å². The average Bonchev–Trinajstić information content (AvgIpc) is 2.66. The summed E-state index contributed by atoms with van der Waals surface area (Å²) in [6.07, 6.45) is -6.18. The molecule has 2 aromatic carbocycles. The Morgan fingerprint density at radius 1 is 1.12 bits per heavy atom. The molecular weight excluding hydrogens is 459 g/mol. The minimum atomic E-state index is -4.82. The Morgan fingerprint density at radius 3 is 2.34 bits per heavy atom. The van der Waals surface area contributed by atoms with Crippen molar-refractivity contribution in [3.63, 3.8) is 0 Å². The zero-order valence-corrected chi connectivity index (χ0v) is 17.4. The fourth-order valence-electron chi connectivity index (χ4n) is 3.35. The Bertz CT molecular complexity index is 1150. The van der Waals surface area contributed by atoms with E-state index in [1.54, 1.807) is 0 Å². The molecule has 1 fully saturated rings. The third-order valence-corrected chi connectivity index (χ3v) is 6.68. The molecule has 0 saturated heterocycles. The van der Waals surface area contributed by atoms with E-state index in [2.05, 4.69) is 5.32 Å². The van der Waals surface area contributed by atoms with Gasteiger partial charge in [0.2, 0.25) is 10.0 Å². The zero-order chi connectivity index (χ0) is 23.9. The normalized spacial score (nSPS) is 21.2. The van der Waals surface area contributed by atoms with Gasteiger partial charge in [-0.3, -0.25) is 4.79 Å². The number of aliphatic hydroxyl groups is 1. The van der Waals surface area contributed by atoms with Crippen molar-refractivity contribution in [3.8, 4) is 0 Å². The second-order valence-corrected chi connectivity index (χ2v) is 9.45. The lowest BCUT2D eigenvalue weighted by Crippen LogP contribution is -2.57. The second kappa shape index (κ2) is 8.41. The Labute approximate surface area is 180 Å². The largest absolute Gasteiger partial charge is 0.417 e. The van der Waals surface area contributed by atoms with Gasteiger partial charge < -0.3 is 10.4 Å². The molecule has 174 valence electrons. The molecule has 0 radical (unpaired) electrons. The summed E-state index contributed by atoms with van der Waals surface area (Å²) in [5, 5.41) is 11.9. The monoisotopic (exact) mass is 478 g/mol. The van der Waals surface area contributed by atoms with Gasteiger partial charge in [0.15, 0.2) is 5.60 Å². The van der Waals surface area contributed by atoms with Crippen LogP contribution in [0.1, 0.15) is 28.8 Å². The Hall–Kier alpha value is -2.57. The van der Waals surface area contributed by atoms with Crippen LogP contribution in [0.2, 0.25) is 0 Å². The van der Waals surface area contributed by atoms with Crippen LogP contribution < -0.4 is 10.0 Å². The lowest BCUT2D eigenvalue weighted by Gasteiger charge is -2.44. The molecule has 0 unspecified atom stereocenters. The third-order valence-electron chi connectivity index (χ3n) is 5.24. The minimum Gasteiger partial charge on any atom is -0.380 e. The van der Waals surface area contributed by atoms with E-state index >= 15 is 0 Å². The molecule has 0 atom stereocenters. The van der Waals surface area contributed by atoms with Crippen LogP contribution in [0.15, 0.2) is 41.3 Å². The number of nitrogens with one attached hydrogen (secondary N) is 2. The van der Waals surface area contributed by atoms with Gasteiger partial charge in [-0.2, -0.15) is 13.2 Å². The van der Waals surface area contributed by atoms with Gasteiger partial charge in [-0.05, 0) is 67.6 Å². The Kier molecular flexibility index (Phi) is 6.33. The van der Waals surface area contributed by atoms with Crippen molar-refractivity contribution in [1.29, 1.82) is 0 Å². The van der Waals surface area contributed by atoms with Crippen molar-refractivity contribution in [2.75, 3.05) is 11.9 Å². The van der Waals surface area contributed by atoms with Gasteiger partial charge >= 0.3 is 6.18 Å². The molecule has 32 heavy (non-hydrogen) atoms. The second-order valence-electron chi connectivity index (χ2n) is 7.72. The van der Waals surface area contributed by atoms with Crippen molar-refractivity contribution < 1.29 is 40.3 Å². The SMILES string of the molecule is Cc1cc(NC(=O)c2ccc(F)c(S(=O)(=O)NCC3CC(O)(C(F)(F)F)C3)c2)ccc1F. The average molecular weight is 478 g/mol. The fraction of sp³-hybridized carbons (Fsp3) is 0.350. The number of aryl methyl sites for hydroxylation is 1. The highest BCUT2D eigenvalue weighted by Gasteiger charge is 2.61. The molecule has 6 nitrogen and oxygen atoms in total. The highest BCUT2D eigenvalue weighted by molar-refractivity contribution is 7.89. The summed E-state index contributed by atoms with van der Waals surface area (Å²) in [5.41, 5.74) is -2.56. The van der Waals surface area contributed by atoms with Crippen LogP contribution >= 0.6 is 0 Å². The topological polar surface area (TPSA) is 95.5 Å². The number of carbonyl (C=O) groups excluding carboxylic acids is 1. The number of hydrogen-bond acceptors (Lipinski definition) is 4. The zero-order valence-electron chi connectivity index (χ0n) is 16.6. The first-order valence-corrected chi connectivity index (χ1v) is 10.9. The lowest BCUT2D eigenvalue weighted by molar-refractivity contribution is -0.298. The number of amides is 1. The van der Waals surface area contributed by atoms with Crippen molar-refractivity contribution >= 4 is 21.6 Å². The van der Waals surface area contributed by atoms with Gasteiger partial charge in [-0.1, -0.05) is 0 Å². The number of benzene rings is 2. The smallest absolute Gasteiger partial charge is 0.380 e. The molecule has 3 rings (SSSR count). The summed E-state index contributed by atoms with van der Waals surface area (Å²) in [6, 6.07) is 6.40. The fourth-order valence-corrected chi connectivity index (χ4v) is 4.57. The van der Waals surface area contributed by atoms with Crippen LogP contribution in [0.4, 0.5) is 27.6 Å². The summed E-state index contributed by atoms with van der Waals surface area (Å²) < 4.78 is 92.5. The van der Waals surface area contributed by atoms with Gasteiger partial charge in [0.25, 0.3) is 5.91 Å².